The SMILES string of the molecule is c1ccc(-c2cc(-c3ccc(N(c4ccccc4)c4ccccc4)cc3)c3oc4ccccc4c3c2)cc1.c1ccc(-c2ccc(N(c3ccc(-c4ccccc4)cc3)c3ccc(-c4cc(-c5ccccc5)cc5c4oc4ccccc45)cc3)cc2)cc1.c1ccc(-c2ccc(N(c3ccccc3)c3ccc(-c4cc(-c5ccccc5)cc5c4oc4ccccc45)cc3)cc2)cc1. The van der Waals surface area contributed by atoms with Gasteiger partial charge in [-0.2, -0.15) is 0 Å². The molecule has 6 nitrogen and oxygen atoms in total. The van der Waals surface area contributed by atoms with Gasteiger partial charge < -0.3 is 28.0 Å². The third-order valence-electron chi connectivity index (χ3n) is 24.8. The van der Waals surface area contributed by atoms with Crippen molar-refractivity contribution < 1.29 is 13.3 Å². The first-order valence-electron chi connectivity index (χ1n) is 44.8. The highest BCUT2D eigenvalue weighted by molar-refractivity contribution is 6.14. The Balaban J connectivity index is 0.000000117. The smallest absolute Gasteiger partial charge is 0.143 e. The number of benzene rings is 21. The highest BCUT2D eigenvalue weighted by atomic mass is 16.3. The first-order valence-corrected chi connectivity index (χ1v) is 44.8. The highest BCUT2D eigenvalue weighted by Gasteiger charge is 2.23. The Morgan fingerprint density at radius 1 is 0.114 bits per heavy atom. The molecule has 24 aromatic rings. The maximum absolute atomic E-state index is 6.53. The molecule has 0 N–H and O–H groups in total. The summed E-state index contributed by atoms with van der Waals surface area (Å²) >= 11 is 0. The van der Waals surface area contributed by atoms with Gasteiger partial charge in [0, 0.05) is 100 Å². The number of furan rings is 3. The summed E-state index contributed by atoms with van der Waals surface area (Å²) in [7, 11) is 0. The number of anilines is 9. The van der Waals surface area contributed by atoms with Crippen LogP contribution in [0.3, 0.4) is 0 Å². The fraction of sp³-hybridized carbons (Fsp3) is 0. The molecule has 624 valence electrons. The molecular weight excluding hydrogens is 1600 g/mol. The van der Waals surface area contributed by atoms with Crippen LogP contribution in [0, 0.1) is 0 Å². The molecule has 0 fully saturated rings. The highest BCUT2D eigenvalue weighted by Crippen LogP contribution is 2.48. The summed E-state index contributed by atoms with van der Waals surface area (Å²) in [5, 5.41) is 6.79. The Kier molecular flexibility index (Phi) is 22.1. The predicted molar refractivity (Wildman–Crippen MR) is 554 cm³/mol. The Hall–Kier alpha value is -17.6. The van der Waals surface area contributed by atoms with Gasteiger partial charge in [0.05, 0.1) is 0 Å². The molecule has 0 amide bonds. The molecule has 6 heteroatoms. The lowest BCUT2D eigenvalue weighted by atomic mass is 9.95. The fourth-order valence-electron chi connectivity index (χ4n) is 18.3. The molecule has 0 aliphatic heterocycles. The maximum atomic E-state index is 6.53. The fourth-order valence-corrected chi connectivity index (χ4v) is 18.3. The second kappa shape index (κ2) is 36.4. The molecule has 21 aromatic carbocycles. The van der Waals surface area contributed by atoms with E-state index in [0.717, 1.165) is 150 Å². The molecule has 0 radical (unpaired) electrons. The number of fused-ring (bicyclic) bond motifs is 9. The van der Waals surface area contributed by atoms with Gasteiger partial charge in [-0.1, -0.05) is 364 Å². The van der Waals surface area contributed by atoms with Crippen LogP contribution in [0.25, 0.3) is 166 Å². The van der Waals surface area contributed by atoms with Gasteiger partial charge in [0.1, 0.15) is 33.5 Å². The van der Waals surface area contributed by atoms with E-state index >= 15 is 0 Å². The van der Waals surface area contributed by atoms with Crippen molar-refractivity contribution in [2.75, 3.05) is 14.7 Å². The number of hydrogen-bond donors (Lipinski definition) is 0. The lowest BCUT2D eigenvalue weighted by molar-refractivity contribution is 0.669. The summed E-state index contributed by atoms with van der Waals surface area (Å²) in [5.74, 6) is 0. The first-order chi connectivity index (χ1) is 65.4. The van der Waals surface area contributed by atoms with E-state index in [1.54, 1.807) is 0 Å². The van der Waals surface area contributed by atoms with Gasteiger partial charge in [0.25, 0.3) is 0 Å². The molecule has 3 aromatic heterocycles. The topological polar surface area (TPSA) is 49.1 Å². The number of hydrogen-bond acceptors (Lipinski definition) is 6. The Morgan fingerprint density at radius 3 is 0.485 bits per heavy atom. The van der Waals surface area contributed by atoms with Gasteiger partial charge in [-0.25, -0.2) is 0 Å². The van der Waals surface area contributed by atoms with Crippen molar-refractivity contribution in [1.29, 1.82) is 0 Å². The zero-order chi connectivity index (χ0) is 87.9. The van der Waals surface area contributed by atoms with Crippen molar-refractivity contribution in [3.8, 4) is 100 Å². The molecule has 132 heavy (non-hydrogen) atoms. The summed E-state index contributed by atoms with van der Waals surface area (Å²) in [4.78, 5) is 6.90. The van der Waals surface area contributed by atoms with E-state index in [9.17, 15) is 0 Å². The van der Waals surface area contributed by atoms with E-state index in [-0.39, 0.29) is 0 Å². The van der Waals surface area contributed by atoms with Crippen LogP contribution in [-0.2, 0) is 0 Å². The number of rotatable bonds is 18. The normalized spacial score (nSPS) is 11.2. The van der Waals surface area contributed by atoms with Gasteiger partial charge in [-0.3, -0.25) is 0 Å². The molecule has 0 atom stereocenters. The molecule has 3 heterocycles. The standard InChI is InChI=1S/C48H33NO.C42H29NO.C36H25NO/c1-4-12-34(13-5-1)37-20-26-41(27-21-37)49(42-28-22-38(23-29-42)35-14-6-2-7-15-35)43-30-24-39(25-31-43)45-32-40(36-16-8-3-9-17-36)33-46-44-18-10-11-19-47(44)50-48(45)46;1-4-12-30(13-5-1)32-20-24-36(25-21-32)43(35-16-8-3-9-17-35)37-26-22-33(23-27-37)39-28-34(31-14-6-2-7-15-31)29-40-38-18-10-11-19-41(38)44-42(39)40;1-4-12-26(13-5-1)28-24-33(36-34(25-28)32-18-10-11-19-35(32)38-36)27-20-22-31(23-21-27)37(29-14-6-2-7-15-29)30-16-8-3-9-17-30/h1-33H;1-29H;1-25H. The molecule has 0 aliphatic carbocycles. The Labute approximate surface area is 767 Å². The van der Waals surface area contributed by atoms with Gasteiger partial charge in [0.15, 0.2) is 0 Å². The van der Waals surface area contributed by atoms with Crippen molar-refractivity contribution >= 4 is 117 Å². The molecule has 0 bridgehead atoms. The summed E-state index contributed by atoms with van der Waals surface area (Å²) < 4.78 is 19.4. The Morgan fingerprint density at radius 2 is 0.273 bits per heavy atom. The van der Waals surface area contributed by atoms with Crippen LogP contribution in [0.15, 0.2) is 541 Å². The van der Waals surface area contributed by atoms with E-state index in [1.165, 1.54) is 66.8 Å². The van der Waals surface area contributed by atoms with E-state index in [0.29, 0.717) is 0 Å². The van der Waals surface area contributed by atoms with Gasteiger partial charge in [-0.05, 0) is 247 Å². The number of nitrogens with zero attached hydrogens (tertiary/aromatic N) is 3. The van der Waals surface area contributed by atoms with Crippen LogP contribution in [0.5, 0.6) is 0 Å². The second-order valence-electron chi connectivity index (χ2n) is 33.0. The maximum Gasteiger partial charge on any atom is 0.143 e. The Bertz CT molecular complexity index is 7960. The van der Waals surface area contributed by atoms with Crippen LogP contribution >= 0.6 is 0 Å². The van der Waals surface area contributed by atoms with Gasteiger partial charge in [-0.15, -0.1) is 0 Å². The van der Waals surface area contributed by atoms with Crippen molar-refractivity contribution in [3.05, 3.63) is 528 Å². The molecule has 0 spiro atoms. The predicted octanol–water partition coefficient (Wildman–Crippen LogP) is 36.2. The average Bonchev–Trinajstić information content (AvgIpc) is 1.61. The second-order valence-corrected chi connectivity index (χ2v) is 33.0. The van der Waals surface area contributed by atoms with E-state index < -0.39 is 0 Å². The third kappa shape index (κ3) is 16.4. The minimum Gasteiger partial charge on any atom is -0.455 e. The molecule has 24 rings (SSSR count). The van der Waals surface area contributed by atoms with Crippen LogP contribution in [0.1, 0.15) is 0 Å². The quantitative estimate of drug-likeness (QED) is 0.0853. The lowest BCUT2D eigenvalue weighted by Gasteiger charge is -2.26. The lowest BCUT2D eigenvalue weighted by Crippen LogP contribution is -2.09. The largest absolute Gasteiger partial charge is 0.455 e. The summed E-state index contributed by atoms with van der Waals surface area (Å²) in [6, 6.07) is 186. The zero-order valence-electron chi connectivity index (χ0n) is 72.3. The van der Waals surface area contributed by atoms with Crippen molar-refractivity contribution in [2.45, 2.75) is 0 Å². The molecular formula is C126H87N3O3. The van der Waals surface area contributed by atoms with Gasteiger partial charge in [0.2, 0.25) is 0 Å². The van der Waals surface area contributed by atoms with Crippen LogP contribution in [0.2, 0.25) is 0 Å². The summed E-state index contributed by atoms with van der Waals surface area (Å²) in [5.41, 5.74) is 36.3. The molecule has 0 saturated heterocycles. The van der Waals surface area contributed by atoms with Crippen molar-refractivity contribution in [3.63, 3.8) is 0 Å². The van der Waals surface area contributed by atoms with Crippen LogP contribution in [-0.4, -0.2) is 0 Å². The van der Waals surface area contributed by atoms with E-state index in [1.807, 2.05) is 42.5 Å². The van der Waals surface area contributed by atoms with Crippen LogP contribution in [0.4, 0.5) is 51.2 Å². The van der Waals surface area contributed by atoms with Gasteiger partial charge >= 0.3 is 0 Å². The van der Waals surface area contributed by atoms with E-state index in [2.05, 4.69) is 500 Å². The first kappa shape index (κ1) is 80.3. The molecule has 0 saturated carbocycles. The van der Waals surface area contributed by atoms with E-state index in [4.69, 9.17) is 13.3 Å². The zero-order valence-corrected chi connectivity index (χ0v) is 72.3. The molecule has 0 unspecified atom stereocenters. The average molecular weight is 1690 g/mol. The summed E-state index contributed by atoms with van der Waals surface area (Å²) in [6.07, 6.45) is 0. The minimum atomic E-state index is 0.898. The van der Waals surface area contributed by atoms with Crippen LogP contribution < -0.4 is 14.7 Å². The minimum absolute atomic E-state index is 0.898. The van der Waals surface area contributed by atoms with Crippen molar-refractivity contribution in [2.24, 2.45) is 0 Å². The number of para-hydroxylation sites is 6. The third-order valence-corrected chi connectivity index (χ3v) is 24.8. The van der Waals surface area contributed by atoms with Crippen molar-refractivity contribution in [1.82, 2.24) is 0 Å². The molecule has 0 aliphatic rings. The monoisotopic (exact) mass is 1690 g/mol. The summed E-state index contributed by atoms with van der Waals surface area (Å²) in [6.45, 7) is 0.